The maximum Gasteiger partial charge on any atom is 0.255 e. The lowest BCUT2D eigenvalue weighted by Gasteiger charge is -2.12. The molecule has 0 radical (unpaired) electrons. The lowest BCUT2D eigenvalue weighted by molar-refractivity contribution is 0.102. The van der Waals surface area contributed by atoms with E-state index in [1.807, 2.05) is 43.3 Å². The number of anilines is 2. The molecule has 0 bridgehead atoms. The number of aliphatic hydroxyl groups excluding tert-OH is 1. The summed E-state index contributed by atoms with van der Waals surface area (Å²) in [6.45, 7) is 4.00. The molecule has 0 saturated carbocycles. The molecule has 9 heteroatoms. The second-order valence-electron chi connectivity index (χ2n) is 7.58. The van der Waals surface area contributed by atoms with Crippen molar-refractivity contribution in [1.29, 1.82) is 5.26 Å². The fourth-order valence-electron chi connectivity index (χ4n) is 3.01. The Morgan fingerprint density at radius 2 is 1.86 bits per heavy atom. The third-order valence-electron chi connectivity index (χ3n) is 4.88. The fourth-order valence-corrected chi connectivity index (χ4v) is 3.22. The van der Waals surface area contributed by atoms with Crippen LogP contribution in [0.5, 0.6) is 0 Å². The lowest BCUT2D eigenvalue weighted by Crippen LogP contribution is -2.15. The minimum atomic E-state index is -0.418. The smallest absolute Gasteiger partial charge is 0.255 e. The quantitative estimate of drug-likeness (QED) is 0.335. The Morgan fingerprint density at radius 3 is 2.46 bits per heavy atom. The van der Waals surface area contributed by atoms with Crippen LogP contribution >= 0.6 is 11.6 Å². The minimum Gasteiger partial charge on any atom is -0.423 e. The topological polar surface area (TPSA) is 124 Å². The van der Waals surface area contributed by atoms with E-state index >= 15 is 0 Å². The summed E-state index contributed by atoms with van der Waals surface area (Å²) in [6.07, 6.45) is 0.860. The number of aliphatic hydroxyl groups is 1. The van der Waals surface area contributed by atoms with Gasteiger partial charge in [0.15, 0.2) is 0 Å². The van der Waals surface area contributed by atoms with Crippen molar-refractivity contribution >= 4 is 28.9 Å². The lowest BCUT2D eigenvalue weighted by atomic mass is 10.1. The summed E-state index contributed by atoms with van der Waals surface area (Å²) < 4.78 is 5.10. The minimum absolute atomic E-state index is 0.142. The SMILES string of the molecule is Cc1c(NCC(C)O)ccc(C#N)c1Cl.O=C(Nc1ccc(-c2nnco2)cc1)c1ccccc1. The molecule has 0 aliphatic carbocycles. The summed E-state index contributed by atoms with van der Waals surface area (Å²) in [7, 11) is 0. The average molecular weight is 490 g/mol. The number of amides is 1. The van der Waals surface area contributed by atoms with Gasteiger partial charge in [-0.2, -0.15) is 5.26 Å². The number of nitrogens with zero attached hydrogens (tertiary/aromatic N) is 3. The average Bonchev–Trinajstić information content (AvgIpc) is 3.41. The van der Waals surface area contributed by atoms with Crippen molar-refractivity contribution in [3.8, 4) is 17.5 Å². The second kappa shape index (κ2) is 12.3. The highest BCUT2D eigenvalue weighted by atomic mass is 35.5. The van der Waals surface area contributed by atoms with Gasteiger partial charge < -0.3 is 20.2 Å². The van der Waals surface area contributed by atoms with Gasteiger partial charge in [0, 0.05) is 29.0 Å². The predicted molar refractivity (Wildman–Crippen MR) is 135 cm³/mol. The Morgan fingerprint density at radius 1 is 1.14 bits per heavy atom. The first-order chi connectivity index (χ1) is 16.9. The fraction of sp³-hybridized carbons (Fsp3) is 0.154. The van der Waals surface area contributed by atoms with Crippen molar-refractivity contribution in [2.75, 3.05) is 17.2 Å². The van der Waals surface area contributed by atoms with Gasteiger partial charge in [-0.1, -0.05) is 29.8 Å². The molecule has 3 aromatic carbocycles. The van der Waals surface area contributed by atoms with E-state index in [4.69, 9.17) is 26.4 Å². The number of benzene rings is 3. The van der Waals surface area contributed by atoms with Crippen molar-refractivity contribution in [1.82, 2.24) is 10.2 Å². The van der Waals surface area contributed by atoms with Gasteiger partial charge in [0.2, 0.25) is 12.3 Å². The summed E-state index contributed by atoms with van der Waals surface area (Å²) in [5.74, 6) is 0.307. The monoisotopic (exact) mass is 489 g/mol. The molecule has 4 aromatic rings. The molecule has 178 valence electrons. The van der Waals surface area contributed by atoms with Gasteiger partial charge >= 0.3 is 0 Å². The highest BCUT2D eigenvalue weighted by Crippen LogP contribution is 2.26. The van der Waals surface area contributed by atoms with Crippen LogP contribution in [0.2, 0.25) is 5.02 Å². The van der Waals surface area contributed by atoms with E-state index in [1.165, 1.54) is 6.39 Å². The highest BCUT2D eigenvalue weighted by Gasteiger charge is 2.08. The molecule has 35 heavy (non-hydrogen) atoms. The van der Waals surface area contributed by atoms with E-state index < -0.39 is 6.10 Å². The van der Waals surface area contributed by atoms with Gasteiger partial charge in [-0.3, -0.25) is 4.79 Å². The molecule has 1 atom stereocenters. The summed E-state index contributed by atoms with van der Waals surface area (Å²) in [4.78, 5) is 12.0. The van der Waals surface area contributed by atoms with E-state index in [2.05, 4.69) is 20.8 Å². The third kappa shape index (κ3) is 7.14. The first-order valence-corrected chi connectivity index (χ1v) is 11.1. The van der Waals surface area contributed by atoms with Crippen LogP contribution in [-0.4, -0.2) is 33.9 Å². The molecule has 1 heterocycles. The van der Waals surface area contributed by atoms with Crippen LogP contribution in [0.25, 0.3) is 11.5 Å². The van der Waals surface area contributed by atoms with Crippen LogP contribution in [0.1, 0.15) is 28.4 Å². The number of aromatic nitrogens is 2. The van der Waals surface area contributed by atoms with E-state index in [9.17, 15) is 4.79 Å². The number of nitrogens with one attached hydrogen (secondary N) is 2. The number of carbonyl (C=O) groups excluding carboxylic acids is 1. The van der Waals surface area contributed by atoms with E-state index in [0.717, 1.165) is 16.8 Å². The molecule has 0 aliphatic heterocycles. The zero-order chi connectivity index (χ0) is 25.2. The molecule has 3 N–H and O–H groups in total. The molecule has 0 spiro atoms. The molecule has 0 saturated heterocycles. The van der Waals surface area contributed by atoms with Gasteiger partial charge in [0.05, 0.1) is 16.7 Å². The van der Waals surface area contributed by atoms with Crippen molar-refractivity contribution in [2.24, 2.45) is 0 Å². The Balaban J connectivity index is 0.000000205. The van der Waals surface area contributed by atoms with Gasteiger partial charge in [-0.15, -0.1) is 10.2 Å². The number of hydrogen-bond donors (Lipinski definition) is 3. The molecule has 1 aromatic heterocycles. The van der Waals surface area contributed by atoms with Gasteiger partial charge in [-0.05, 0) is 67.9 Å². The summed E-state index contributed by atoms with van der Waals surface area (Å²) >= 11 is 5.99. The highest BCUT2D eigenvalue weighted by molar-refractivity contribution is 6.32. The Labute approximate surface area is 208 Å². The first kappa shape index (κ1) is 25.4. The van der Waals surface area contributed by atoms with E-state index in [-0.39, 0.29) is 5.91 Å². The number of rotatable bonds is 6. The van der Waals surface area contributed by atoms with Gasteiger partial charge in [0.25, 0.3) is 5.91 Å². The molecule has 1 unspecified atom stereocenters. The van der Waals surface area contributed by atoms with Crippen LogP contribution in [0.4, 0.5) is 11.4 Å². The van der Waals surface area contributed by atoms with Crippen LogP contribution in [0, 0.1) is 18.3 Å². The number of carbonyl (C=O) groups is 1. The number of nitriles is 1. The largest absolute Gasteiger partial charge is 0.423 e. The van der Waals surface area contributed by atoms with Crippen molar-refractivity contribution < 1.29 is 14.3 Å². The van der Waals surface area contributed by atoms with Crippen molar-refractivity contribution in [3.63, 3.8) is 0 Å². The Hall–Kier alpha value is -4.19. The van der Waals surface area contributed by atoms with E-state index in [1.54, 1.807) is 43.3 Å². The maximum atomic E-state index is 12.0. The standard InChI is InChI=1S/C15H11N3O2.C11H13ClN2O/c19-14(11-4-2-1-3-5-11)17-13-8-6-12(7-9-13)15-18-16-10-20-15;1-7(15)6-14-10-4-3-9(5-13)11(12)8(10)2/h1-10H,(H,17,19);3-4,7,14-15H,6H2,1-2H3. The summed E-state index contributed by atoms with van der Waals surface area (Å²) in [5.41, 5.74) is 4.28. The molecule has 8 nitrogen and oxygen atoms in total. The van der Waals surface area contributed by atoms with Gasteiger partial charge in [0.1, 0.15) is 6.07 Å². The van der Waals surface area contributed by atoms with Crippen molar-refractivity contribution in [3.05, 3.63) is 94.8 Å². The maximum absolute atomic E-state index is 12.0. The van der Waals surface area contributed by atoms with Crippen LogP contribution in [-0.2, 0) is 0 Å². The Kier molecular flexibility index (Phi) is 8.95. The molecule has 0 fully saturated rings. The van der Waals surface area contributed by atoms with Gasteiger partial charge in [-0.25, -0.2) is 0 Å². The first-order valence-electron chi connectivity index (χ1n) is 10.7. The number of hydrogen-bond acceptors (Lipinski definition) is 7. The number of halogens is 1. The second-order valence-corrected chi connectivity index (χ2v) is 7.96. The third-order valence-corrected chi connectivity index (χ3v) is 5.37. The van der Waals surface area contributed by atoms with Crippen LogP contribution in [0.15, 0.2) is 77.5 Å². The predicted octanol–water partition coefficient (Wildman–Crippen LogP) is 5.30. The molecular weight excluding hydrogens is 466 g/mol. The van der Waals surface area contributed by atoms with E-state index in [0.29, 0.717) is 34.3 Å². The Bertz CT molecular complexity index is 1290. The summed E-state index contributed by atoms with van der Waals surface area (Å²) in [5, 5.41) is 31.7. The molecule has 4 rings (SSSR count). The molecule has 1 amide bonds. The zero-order valence-electron chi connectivity index (χ0n) is 19.2. The summed E-state index contributed by atoms with van der Waals surface area (Å²) in [6, 6.07) is 21.7. The molecular formula is C26H24ClN5O3. The molecule has 0 aliphatic rings. The normalized spacial score (nSPS) is 10.9. The van der Waals surface area contributed by atoms with Crippen molar-refractivity contribution in [2.45, 2.75) is 20.0 Å². The van der Waals surface area contributed by atoms with Crippen LogP contribution in [0.3, 0.4) is 0 Å². The van der Waals surface area contributed by atoms with Crippen LogP contribution < -0.4 is 10.6 Å². The zero-order valence-corrected chi connectivity index (χ0v) is 20.0.